The number of methoxy groups -OCH3 is 2. The zero-order valence-corrected chi connectivity index (χ0v) is 13.2. The minimum Gasteiger partial charge on any atom is -0.495 e. The van der Waals surface area contributed by atoms with Gasteiger partial charge in [0.25, 0.3) is 5.91 Å². The van der Waals surface area contributed by atoms with Gasteiger partial charge in [-0.15, -0.1) is 0 Å². The fourth-order valence-corrected chi connectivity index (χ4v) is 2.56. The van der Waals surface area contributed by atoms with Crippen LogP contribution >= 0.6 is 11.6 Å². The second-order valence-corrected chi connectivity index (χ2v) is 5.22. The van der Waals surface area contributed by atoms with E-state index in [0.717, 1.165) is 12.8 Å². The molecule has 7 heteroatoms. The first-order valence-electron chi connectivity index (χ1n) is 6.95. The van der Waals surface area contributed by atoms with Gasteiger partial charge in [0.15, 0.2) is 0 Å². The minimum atomic E-state index is -0.593. The van der Waals surface area contributed by atoms with Gasteiger partial charge in [0.1, 0.15) is 16.9 Å². The van der Waals surface area contributed by atoms with Crippen LogP contribution in [0.5, 0.6) is 5.75 Å². The molecule has 2 rings (SSSR count). The summed E-state index contributed by atoms with van der Waals surface area (Å²) < 4.78 is 15.3. The Balaban J connectivity index is 2.30. The lowest BCUT2D eigenvalue weighted by Crippen LogP contribution is -2.33. The maximum atomic E-state index is 12.3. The van der Waals surface area contributed by atoms with E-state index in [4.69, 9.17) is 25.8 Å². The van der Waals surface area contributed by atoms with Gasteiger partial charge in [0.2, 0.25) is 0 Å². The lowest BCUT2D eigenvalue weighted by molar-refractivity contribution is -0.129. The highest BCUT2D eigenvalue weighted by atomic mass is 35.5. The second-order valence-electron chi connectivity index (χ2n) is 4.84. The molecule has 1 N–H and O–H groups in total. The van der Waals surface area contributed by atoms with Crippen LogP contribution in [0, 0.1) is 0 Å². The lowest BCUT2D eigenvalue weighted by Gasteiger charge is -2.22. The quantitative estimate of drug-likeness (QED) is 0.861. The van der Waals surface area contributed by atoms with E-state index in [-0.39, 0.29) is 22.2 Å². The molecule has 1 unspecified atom stereocenters. The van der Waals surface area contributed by atoms with Crippen molar-refractivity contribution in [2.24, 2.45) is 0 Å². The van der Waals surface area contributed by atoms with Crippen LogP contribution in [0.4, 0.5) is 5.69 Å². The van der Waals surface area contributed by atoms with E-state index in [9.17, 15) is 9.59 Å². The van der Waals surface area contributed by atoms with Crippen molar-refractivity contribution in [1.29, 1.82) is 0 Å². The minimum absolute atomic E-state index is 0.148. The number of hydrogen-bond donors (Lipinski definition) is 1. The van der Waals surface area contributed by atoms with Crippen molar-refractivity contribution in [2.75, 3.05) is 26.1 Å². The van der Waals surface area contributed by atoms with Gasteiger partial charge in [-0.25, -0.2) is 4.79 Å². The molecule has 1 aliphatic heterocycles. The first-order valence-corrected chi connectivity index (χ1v) is 7.33. The predicted molar refractivity (Wildman–Crippen MR) is 81.6 cm³/mol. The molecule has 0 radical (unpaired) electrons. The number of esters is 1. The smallest absolute Gasteiger partial charge is 0.340 e. The molecule has 22 heavy (non-hydrogen) atoms. The van der Waals surface area contributed by atoms with E-state index in [1.165, 1.54) is 20.3 Å². The summed E-state index contributed by atoms with van der Waals surface area (Å²) in [4.78, 5) is 24.1. The molecule has 1 fully saturated rings. The third-order valence-electron chi connectivity index (χ3n) is 3.45. The van der Waals surface area contributed by atoms with Gasteiger partial charge in [-0.05, 0) is 31.4 Å². The number of halogens is 1. The maximum absolute atomic E-state index is 12.3. The number of carbonyl (C=O) groups is 2. The Morgan fingerprint density at radius 1 is 1.32 bits per heavy atom. The zero-order valence-electron chi connectivity index (χ0n) is 12.5. The Labute approximate surface area is 133 Å². The van der Waals surface area contributed by atoms with Gasteiger partial charge < -0.3 is 19.5 Å². The molecule has 0 aliphatic carbocycles. The molecule has 1 heterocycles. The van der Waals surface area contributed by atoms with E-state index in [1.807, 2.05) is 0 Å². The van der Waals surface area contributed by atoms with E-state index in [0.29, 0.717) is 18.8 Å². The summed E-state index contributed by atoms with van der Waals surface area (Å²) in [7, 11) is 2.71. The number of carbonyl (C=O) groups excluding carboxylic acids is 2. The van der Waals surface area contributed by atoms with Crippen LogP contribution in [0.3, 0.4) is 0 Å². The van der Waals surface area contributed by atoms with Gasteiger partial charge in [0, 0.05) is 6.61 Å². The normalized spacial score (nSPS) is 17.7. The number of amides is 1. The van der Waals surface area contributed by atoms with Crippen molar-refractivity contribution in [2.45, 2.75) is 25.4 Å². The molecule has 1 aliphatic rings. The molecule has 0 bridgehead atoms. The molecule has 6 nitrogen and oxygen atoms in total. The Morgan fingerprint density at radius 3 is 2.68 bits per heavy atom. The van der Waals surface area contributed by atoms with Crippen LogP contribution in [0.2, 0.25) is 5.02 Å². The van der Waals surface area contributed by atoms with Gasteiger partial charge in [-0.2, -0.15) is 0 Å². The average Bonchev–Trinajstić information content (AvgIpc) is 2.56. The number of anilines is 1. The van der Waals surface area contributed by atoms with Crippen LogP contribution in [-0.4, -0.2) is 38.8 Å². The molecule has 0 saturated carbocycles. The van der Waals surface area contributed by atoms with Gasteiger partial charge in [0.05, 0.1) is 25.5 Å². The summed E-state index contributed by atoms with van der Waals surface area (Å²) in [6.07, 6.45) is 1.97. The van der Waals surface area contributed by atoms with Gasteiger partial charge in [-0.3, -0.25) is 4.79 Å². The van der Waals surface area contributed by atoms with E-state index in [2.05, 4.69) is 5.32 Å². The molecule has 120 valence electrons. The van der Waals surface area contributed by atoms with Crippen molar-refractivity contribution in [3.63, 3.8) is 0 Å². The van der Waals surface area contributed by atoms with E-state index >= 15 is 0 Å². The Morgan fingerprint density at radius 2 is 2.09 bits per heavy atom. The summed E-state index contributed by atoms with van der Waals surface area (Å²) in [5.41, 5.74) is 0.337. The lowest BCUT2D eigenvalue weighted by atomic mass is 10.1. The largest absolute Gasteiger partial charge is 0.495 e. The highest BCUT2D eigenvalue weighted by molar-refractivity contribution is 6.36. The highest BCUT2D eigenvalue weighted by Gasteiger charge is 2.26. The third kappa shape index (κ3) is 3.51. The number of nitrogens with one attached hydrogen (secondary N) is 1. The molecule has 0 spiro atoms. The predicted octanol–water partition coefficient (Wildman–Crippen LogP) is 2.64. The fourth-order valence-electron chi connectivity index (χ4n) is 2.27. The van der Waals surface area contributed by atoms with E-state index in [1.54, 1.807) is 6.07 Å². The summed E-state index contributed by atoms with van der Waals surface area (Å²) in [5.74, 6) is -0.571. The van der Waals surface area contributed by atoms with Crippen molar-refractivity contribution >= 4 is 29.2 Å². The average molecular weight is 328 g/mol. The molecule has 1 atom stereocenters. The van der Waals surface area contributed by atoms with Crippen LogP contribution in [0.25, 0.3) is 0 Å². The molecular weight excluding hydrogens is 310 g/mol. The number of hydrogen-bond acceptors (Lipinski definition) is 5. The Bertz CT molecular complexity index is 569. The first kappa shape index (κ1) is 16.6. The molecule has 1 amide bonds. The number of benzene rings is 1. The summed E-state index contributed by atoms with van der Waals surface area (Å²) in [5, 5.41) is 2.81. The molecular formula is C15H18ClNO5. The summed E-state index contributed by atoms with van der Waals surface area (Å²) in [6.45, 7) is 0.549. The molecule has 1 aromatic rings. The van der Waals surface area contributed by atoms with Crippen LogP contribution < -0.4 is 10.1 Å². The van der Waals surface area contributed by atoms with Crippen LogP contribution in [0.15, 0.2) is 12.1 Å². The highest BCUT2D eigenvalue weighted by Crippen LogP contribution is 2.35. The standard InChI is InChI=1S/C15H18ClNO5/c1-20-10-7-6-9(15(19)21-2)13(12(10)16)17-14(18)11-5-3-4-8-22-11/h6-7,11H,3-5,8H2,1-2H3,(H,17,18). The summed E-state index contributed by atoms with van der Waals surface area (Å²) >= 11 is 6.21. The second kappa shape index (κ2) is 7.47. The third-order valence-corrected chi connectivity index (χ3v) is 3.83. The fraction of sp³-hybridized carbons (Fsp3) is 0.467. The van der Waals surface area contributed by atoms with Crippen molar-refractivity contribution < 1.29 is 23.8 Å². The van der Waals surface area contributed by atoms with Crippen molar-refractivity contribution in [3.8, 4) is 5.75 Å². The van der Waals surface area contributed by atoms with Crippen LogP contribution in [0.1, 0.15) is 29.6 Å². The zero-order chi connectivity index (χ0) is 16.1. The molecule has 0 aromatic heterocycles. The maximum Gasteiger partial charge on any atom is 0.340 e. The van der Waals surface area contributed by atoms with Gasteiger partial charge in [-0.1, -0.05) is 11.6 Å². The first-order chi connectivity index (χ1) is 10.6. The number of rotatable bonds is 4. The van der Waals surface area contributed by atoms with Crippen molar-refractivity contribution in [1.82, 2.24) is 0 Å². The summed E-state index contributed by atoms with van der Waals surface area (Å²) in [6, 6.07) is 3.04. The Kier molecular flexibility index (Phi) is 5.63. The number of ether oxygens (including phenoxy) is 3. The van der Waals surface area contributed by atoms with Crippen LogP contribution in [-0.2, 0) is 14.3 Å². The molecule has 1 aromatic carbocycles. The molecule has 1 saturated heterocycles. The van der Waals surface area contributed by atoms with E-state index < -0.39 is 12.1 Å². The van der Waals surface area contributed by atoms with Gasteiger partial charge >= 0.3 is 5.97 Å². The van der Waals surface area contributed by atoms with Crippen molar-refractivity contribution in [3.05, 3.63) is 22.7 Å². The Hall–Kier alpha value is -1.79. The topological polar surface area (TPSA) is 73.9 Å². The monoisotopic (exact) mass is 327 g/mol. The SMILES string of the molecule is COC(=O)c1ccc(OC)c(Cl)c1NC(=O)C1CCCCO1.